The zero-order valence-corrected chi connectivity index (χ0v) is 8.92. The van der Waals surface area contributed by atoms with E-state index in [4.69, 9.17) is 5.11 Å². The van der Waals surface area contributed by atoms with Crippen LogP contribution in [0.3, 0.4) is 0 Å². The maximum atomic E-state index is 9.04. The molecule has 50 valence electrons. The second-order valence-corrected chi connectivity index (χ2v) is 3.77. The van der Waals surface area contributed by atoms with Gasteiger partial charge < -0.3 is 5.11 Å². The maximum absolute atomic E-state index is 9.04. The van der Waals surface area contributed by atoms with Gasteiger partial charge in [-0.15, -0.1) is 0 Å². The first-order valence-electron chi connectivity index (χ1n) is 2.61. The van der Waals surface area contributed by atoms with E-state index in [0.717, 1.165) is 21.7 Å². The first kappa shape index (κ1) is 9.42. The molecule has 0 aliphatic rings. The minimum Gasteiger partial charge on any atom is -0.393 e. The topological polar surface area (TPSA) is 20.2 Å². The normalized spacial score (nSPS) is 10.5. The molecule has 1 nitrogen and oxygen atoms in total. The quantitative estimate of drug-likeness (QED) is 0.613. The van der Waals surface area contributed by atoms with Crippen molar-refractivity contribution in [1.82, 2.24) is 0 Å². The van der Waals surface area contributed by atoms with Gasteiger partial charge in [0.25, 0.3) is 0 Å². The van der Waals surface area contributed by atoms with Crippen LogP contribution >= 0.6 is 45.2 Å². The molecule has 0 aromatic rings. The second kappa shape index (κ2) is 6.54. The minimum atomic E-state index is -0.0520. The zero-order valence-electron chi connectivity index (χ0n) is 4.61. The van der Waals surface area contributed by atoms with Crippen LogP contribution in [0.25, 0.3) is 0 Å². The van der Waals surface area contributed by atoms with Crippen molar-refractivity contribution in [1.29, 1.82) is 0 Å². The number of halogens is 2. The molecule has 0 atom stereocenters. The predicted octanol–water partition coefficient (Wildman–Crippen LogP) is 2.00. The van der Waals surface area contributed by atoms with Crippen molar-refractivity contribution >= 4 is 45.2 Å². The Bertz CT molecular complexity index is 43.7. The van der Waals surface area contributed by atoms with Crippen LogP contribution in [0, 0.1) is 0 Å². The molecule has 0 unspecified atom stereocenters. The summed E-state index contributed by atoms with van der Waals surface area (Å²) < 4.78 is 2.13. The average Bonchev–Trinajstić information content (AvgIpc) is 1.68. The third-order valence-corrected chi connectivity index (χ3v) is 2.13. The van der Waals surface area contributed by atoms with E-state index in [0.29, 0.717) is 0 Å². The van der Waals surface area contributed by atoms with E-state index in [-0.39, 0.29) is 6.10 Å². The molecular formula is C5H10I2O. The summed E-state index contributed by atoms with van der Waals surface area (Å²) in [6.45, 7) is 0. The van der Waals surface area contributed by atoms with Crippen molar-refractivity contribution in [2.24, 2.45) is 0 Å². The fourth-order valence-electron chi connectivity index (χ4n) is 0.396. The summed E-state index contributed by atoms with van der Waals surface area (Å²) in [4.78, 5) is 0. The minimum absolute atomic E-state index is 0.0520. The van der Waals surface area contributed by atoms with E-state index in [1.807, 2.05) is 0 Å². The Morgan fingerprint density at radius 2 is 1.50 bits per heavy atom. The summed E-state index contributed by atoms with van der Waals surface area (Å²) in [5, 5.41) is 9.04. The van der Waals surface area contributed by atoms with Gasteiger partial charge in [-0.05, 0) is 12.8 Å². The molecule has 0 spiro atoms. The lowest BCUT2D eigenvalue weighted by Crippen LogP contribution is -2.06. The van der Waals surface area contributed by atoms with Crippen molar-refractivity contribution in [2.45, 2.75) is 18.9 Å². The van der Waals surface area contributed by atoms with Gasteiger partial charge in [0.15, 0.2) is 0 Å². The van der Waals surface area contributed by atoms with Gasteiger partial charge in [0.2, 0.25) is 0 Å². The largest absolute Gasteiger partial charge is 0.393 e. The number of hydrogen-bond donors (Lipinski definition) is 1. The van der Waals surface area contributed by atoms with Crippen molar-refractivity contribution in [2.75, 3.05) is 8.86 Å². The standard InChI is InChI=1S/C5H10I2O/c6-3-1-5(8)2-4-7/h5,8H,1-4H2. The van der Waals surface area contributed by atoms with E-state index < -0.39 is 0 Å². The van der Waals surface area contributed by atoms with Gasteiger partial charge in [0, 0.05) is 8.86 Å². The average molecular weight is 340 g/mol. The van der Waals surface area contributed by atoms with Gasteiger partial charge in [0.1, 0.15) is 0 Å². The van der Waals surface area contributed by atoms with Gasteiger partial charge in [-0.3, -0.25) is 0 Å². The summed E-state index contributed by atoms with van der Waals surface area (Å²) in [5.41, 5.74) is 0. The number of alkyl halides is 2. The van der Waals surface area contributed by atoms with Crippen LogP contribution in [0.15, 0.2) is 0 Å². The van der Waals surface area contributed by atoms with Gasteiger partial charge in [-0.25, -0.2) is 0 Å². The first-order chi connectivity index (χ1) is 3.81. The summed E-state index contributed by atoms with van der Waals surface area (Å²) >= 11 is 4.56. The highest BCUT2D eigenvalue weighted by Gasteiger charge is 1.98. The molecule has 0 heterocycles. The van der Waals surface area contributed by atoms with Crippen LogP contribution in [0.4, 0.5) is 0 Å². The molecule has 0 aliphatic carbocycles. The third kappa shape index (κ3) is 5.55. The van der Waals surface area contributed by atoms with Crippen LogP contribution < -0.4 is 0 Å². The molecule has 8 heavy (non-hydrogen) atoms. The highest BCUT2D eigenvalue weighted by Crippen LogP contribution is 2.02. The SMILES string of the molecule is OC(CCI)CCI. The molecule has 0 aliphatic heterocycles. The van der Waals surface area contributed by atoms with Crippen LogP contribution in [-0.2, 0) is 0 Å². The number of hydrogen-bond acceptors (Lipinski definition) is 1. The van der Waals surface area contributed by atoms with Gasteiger partial charge in [-0.1, -0.05) is 45.2 Å². The van der Waals surface area contributed by atoms with E-state index >= 15 is 0 Å². The summed E-state index contributed by atoms with van der Waals surface area (Å²) in [5.74, 6) is 0. The van der Waals surface area contributed by atoms with Crippen LogP contribution in [0.1, 0.15) is 12.8 Å². The Balaban J connectivity index is 2.92. The third-order valence-electron chi connectivity index (χ3n) is 0.885. The molecule has 0 rings (SSSR count). The predicted molar refractivity (Wildman–Crippen MR) is 53.0 cm³/mol. The van der Waals surface area contributed by atoms with E-state index in [1.165, 1.54) is 0 Å². The fourth-order valence-corrected chi connectivity index (χ4v) is 1.83. The van der Waals surface area contributed by atoms with Crippen LogP contribution in [0.2, 0.25) is 0 Å². The molecular weight excluding hydrogens is 330 g/mol. The van der Waals surface area contributed by atoms with Crippen LogP contribution in [0.5, 0.6) is 0 Å². The monoisotopic (exact) mass is 340 g/mol. The van der Waals surface area contributed by atoms with E-state index in [1.54, 1.807) is 0 Å². The highest BCUT2D eigenvalue weighted by molar-refractivity contribution is 14.1. The van der Waals surface area contributed by atoms with Crippen molar-refractivity contribution < 1.29 is 5.11 Å². The van der Waals surface area contributed by atoms with Gasteiger partial charge >= 0.3 is 0 Å². The van der Waals surface area contributed by atoms with Crippen molar-refractivity contribution in [3.8, 4) is 0 Å². The molecule has 1 N–H and O–H groups in total. The lowest BCUT2D eigenvalue weighted by molar-refractivity contribution is 0.170. The van der Waals surface area contributed by atoms with Crippen molar-refractivity contribution in [3.63, 3.8) is 0 Å². The Morgan fingerprint density at radius 3 is 1.75 bits per heavy atom. The number of aliphatic hydroxyl groups excluding tert-OH is 1. The molecule has 0 radical (unpaired) electrons. The van der Waals surface area contributed by atoms with E-state index in [2.05, 4.69) is 45.2 Å². The molecule has 0 bridgehead atoms. The summed E-state index contributed by atoms with van der Waals surface area (Å²) in [6, 6.07) is 0. The van der Waals surface area contributed by atoms with Crippen molar-refractivity contribution in [3.05, 3.63) is 0 Å². The lowest BCUT2D eigenvalue weighted by atomic mass is 10.2. The number of aliphatic hydroxyl groups is 1. The lowest BCUT2D eigenvalue weighted by Gasteiger charge is -2.03. The maximum Gasteiger partial charge on any atom is 0.0554 e. The summed E-state index contributed by atoms with van der Waals surface area (Å²) in [6.07, 6.45) is 1.84. The van der Waals surface area contributed by atoms with E-state index in [9.17, 15) is 0 Å². The molecule has 0 saturated carbocycles. The highest BCUT2D eigenvalue weighted by atomic mass is 127. The molecule has 0 aromatic carbocycles. The van der Waals surface area contributed by atoms with Gasteiger partial charge in [0.05, 0.1) is 6.10 Å². The molecule has 0 amide bonds. The Morgan fingerprint density at radius 1 is 1.12 bits per heavy atom. The molecule has 0 fully saturated rings. The zero-order chi connectivity index (χ0) is 6.41. The fraction of sp³-hybridized carbons (Fsp3) is 1.00. The Labute approximate surface area is 77.5 Å². The second-order valence-electron chi connectivity index (χ2n) is 1.61. The first-order valence-corrected chi connectivity index (χ1v) is 5.66. The molecule has 0 aromatic heterocycles. The Kier molecular flexibility index (Phi) is 7.70. The Hall–Kier alpha value is 1.42. The van der Waals surface area contributed by atoms with Gasteiger partial charge in [-0.2, -0.15) is 0 Å². The van der Waals surface area contributed by atoms with Crippen LogP contribution in [-0.4, -0.2) is 20.1 Å². The summed E-state index contributed by atoms with van der Waals surface area (Å²) in [7, 11) is 0. The molecule has 3 heteroatoms. The number of rotatable bonds is 4. The molecule has 0 saturated heterocycles. The smallest absolute Gasteiger partial charge is 0.0554 e.